The van der Waals surface area contributed by atoms with Crippen molar-refractivity contribution in [1.29, 1.82) is 0 Å². The van der Waals surface area contributed by atoms with Crippen molar-refractivity contribution in [2.45, 2.75) is 84.0 Å². The summed E-state index contributed by atoms with van der Waals surface area (Å²) in [5, 5.41) is 2.69. The van der Waals surface area contributed by atoms with Gasteiger partial charge in [0.2, 0.25) is 0 Å². The summed E-state index contributed by atoms with van der Waals surface area (Å²) in [6.07, 6.45) is 16.6. The van der Waals surface area contributed by atoms with Gasteiger partial charge < -0.3 is 4.43 Å². The van der Waals surface area contributed by atoms with Crippen LogP contribution in [-0.4, -0.2) is 15.6 Å². The van der Waals surface area contributed by atoms with Gasteiger partial charge in [-0.3, -0.25) is 0 Å². The summed E-state index contributed by atoms with van der Waals surface area (Å²) in [7, 11) is -1.11. The lowest BCUT2D eigenvalue weighted by Gasteiger charge is -2.16. The molecule has 0 saturated heterocycles. The molecule has 0 bridgehead atoms. The van der Waals surface area contributed by atoms with Gasteiger partial charge >= 0.3 is 0 Å². The van der Waals surface area contributed by atoms with E-state index in [9.17, 15) is 0 Å². The summed E-state index contributed by atoms with van der Waals surface area (Å²) in [5.74, 6) is 0. The SMILES string of the molecule is CCCCCCCCCCCCCCO[Si](c1ccccc1)c1ccccc1. The summed E-state index contributed by atoms with van der Waals surface area (Å²) < 4.78 is 6.41. The molecule has 0 heterocycles. The molecule has 2 aromatic carbocycles. The first-order chi connectivity index (χ1) is 13.9. The molecule has 28 heavy (non-hydrogen) atoms. The van der Waals surface area contributed by atoms with Crippen molar-refractivity contribution >= 4 is 19.4 Å². The number of rotatable bonds is 16. The van der Waals surface area contributed by atoms with Crippen molar-refractivity contribution in [3.8, 4) is 0 Å². The van der Waals surface area contributed by atoms with Crippen LogP contribution in [0.15, 0.2) is 60.7 Å². The van der Waals surface area contributed by atoms with E-state index in [-0.39, 0.29) is 0 Å². The van der Waals surface area contributed by atoms with E-state index in [1.165, 1.54) is 87.4 Å². The van der Waals surface area contributed by atoms with Crippen LogP contribution in [0.1, 0.15) is 84.0 Å². The minimum atomic E-state index is -1.11. The van der Waals surface area contributed by atoms with E-state index in [4.69, 9.17) is 4.43 Å². The molecule has 0 aromatic heterocycles. The first kappa shape index (κ1) is 22.9. The Labute approximate surface area is 175 Å². The largest absolute Gasteiger partial charge is 0.407 e. The lowest BCUT2D eigenvalue weighted by molar-refractivity contribution is 0.318. The summed E-state index contributed by atoms with van der Waals surface area (Å²) in [5.41, 5.74) is 0. The minimum absolute atomic E-state index is 0.884. The van der Waals surface area contributed by atoms with Crippen LogP contribution in [0.3, 0.4) is 0 Å². The number of unbranched alkanes of at least 4 members (excludes halogenated alkanes) is 11. The summed E-state index contributed by atoms with van der Waals surface area (Å²) in [4.78, 5) is 0. The molecule has 0 N–H and O–H groups in total. The van der Waals surface area contributed by atoms with Crippen LogP contribution in [-0.2, 0) is 4.43 Å². The molecule has 2 aromatic rings. The van der Waals surface area contributed by atoms with Crippen LogP contribution >= 0.6 is 0 Å². The fourth-order valence-electron chi connectivity index (χ4n) is 3.63. The molecule has 153 valence electrons. The maximum atomic E-state index is 6.41. The van der Waals surface area contributed by atoms with Crippen LogP contribution in [0.25, 0.3) is 0 Å². The highest BCUT2D eigenvalue weighted by Gasteiger charge is 2.18. The van der Waals surface area contributed by atoms with Gasteiger partial charge in [-0.25, -0.2) is 0 Å². The zero-order chi connectivity index (χ0) is 19.7. The van der Waals surface area contributed by atoms with E-state index >= 15 is 0 Å². The van der Waals surface area contributed by atoms with Gasteiger partial charge in [0.1, 0.15) is 0 Å². The Morgan fingerprint density at radius 1 is 0.536 bits per heavy atom. The number of hydrogen-bond donors (Lipinski definition) is 0. The first-order valence-electron chi connectivity index (χ1n) is 11.5. The standard InChI is InChI=1S/C26H39OSi/c1-2-3-4-5-6-7-8-9-10-11-12-19-24-27-28(25-20-15-13-16-21-25)26-22-17-14-18-23-26/h13-18,20-23H,2-12,19,24H2,1H3. The highest BCUT2D eigenvalue weighted by molar-refractivity contribution is 6.80. The monoisotopic (exact) mass is 395 g/mol. The number of hydrogen-bond acceptors (Lipinski definition) is 1. The van der Waals surface area contributed by atoms with Gasteiger partial charge in [0.05, 0.1) is 0 Å². The zero-order valence-electron chi connectivity index (χ0n) is 17.9. The lowest BCUT2D eigenvalue weighted by atomic mass is 10.1. The van der Waals surface area contributed by atoms with Gasteiger partial charge in [-0.1, -0.05) is 138 Å². The molecular weight excluding hydrogens is 356 g/mol. The molecule has 0 aliphatic carbocycles. The molecule has 0 aliphatic rings. The van der Waals surface area contributed by atoms with Crippen LogP contribution in [0, 0.1) is 0 Å². The predicted molar refractivity (Wildman–Crippen MR) is 125 cm³/mol. The molecular formula is C26H39OSi. The van der Waals surface area contributed by atoms with Crippen molar-refractivity contribution in [3.63, 3.8) is 0 Å². The molecule has 0 atom stereocenters. The van der Waals surface area contributed by atoms with Gasteiger partial charge in [0, 0.05) is 6.61 Å². The number of benzene rings is 2. The Morgan fingerprint density at radius 3 is 1.36 bits per heavy atom. The normalized spacial score (nSPS) is 11.2. The molecule has 0 saturated carbocycles. The average Bonchev–Trinajstić information content (AvgIpc) is 2.75. The van der Waals surface area contributed by atoms with Gasteiger partial charge in [0.25, 0.3) is 9.04 Å². The quantitative estimate of drug-likeness (QED) is 0.232. The second kappa shape index (κ2) is 15.5. The fraction of sp³-hybridized carbons (Fsp3) is 0.538. The van der Waals surface area contributed by atoms with E-state index in [0.29, 0.717) is 0 Å². The maximum Gasteiger partial charge on any atom is 0.282 e. The van der Waals surface area contributed by atoms with Crippen molar-refractivity contribution in [1.82, 2.24) is 0 Å². The zero-order valence-corrected chi connectivity index (χ0v) is 18.9. The first-order valence-corrected chi connectivity index (χ1v) is 12.9. The average molecular weight is 396 g/mol. The Bertz CT molecular complexity index is 544. The molecule has 0 spiro atoms. The Hall–Kier alpha value is -1.38. The van der Waals surface area contributed by atoms with Crippen LogP contribution in [0.5, 0.6) is 0 Å². The van der Waals surface area contributed by atoms with Crippen LogP contribution in [0.2, 0.25) is 0 Å². The molecule has 0 fully saturated rings. The molecule has 0 amide bonds. The van der Waals surface area contributed by atoms with E-state index < -0.39 is 9.04 Å². The summed E-state index contributed by atoms with van der Waals surface area (Å²) >= 11 is 0. The maximum absolute atomic E-state index is 6.41. The van der Waals surface area contributed by atoms with Crippen LogP contribution in [0.4, 0.5) is 0 Å². The molecule has 1 radical (unpaired) electrons. The van der Waals surface area contributed by atoms with Gasteiger partial charge in [0.15, 0.2) is 0 Å². The molecule has 2 rings (SSSR count). The Balaban J connectivity index is 1.56. The van der Waals surface area contributed by atoms with Gasteiger partial charge in [-0.15, -0.1) is 0 Å². The highest BCUT2D eigenvalue weighted by Crippen LogP contribution is 2.12. The lowest BCUT2D eigenvalue weighted by Crippen LogP contribution is -2.45. The molecule has 0 unspecified atom stereocenters. The second-order valence-electron chi connectivity index (χ2n) is 7.80. The van der Waals surface area contributed by atoms with Gasteiger partial charge in [-0.05, 0) is 16.8 Å². The third-order valence-corrected chi connectivity index (χ3v) is 7.52. The van der Waals surface area contributed by atoms with E-state index in [1.54, 1.807) is 0 Å². The third-order valence-electron chi connectivity index (χ3n) is 5.32. The molecule has 2 heteroatoms. The highest BCUT2D eigenvalue weighted by atomic mass is 28.3. The fourth-order valence-corrected chi connectivity index (χ4v) is 5.64. The van der Waals surface area contributed by atoms with E-state index in [0.717, 1.165) is 6.61 Å². The van der Waals surface area contributed by atoms with E-state index in [1.807, 2.05) is 0 Å². The van der Waals surface area contributed by atoms with Gasteiger partial charge in [-0.2, -0.15) is 0 Å². The van der Waals surface area contributed by atoms with Crippen molar-refractivity contribution < 1.29 is 4.43 Å². The minimum Gasteiger partial charge on any atom is -0.407 e. The van der Waals surface area contributed by atoms with E-state index in [2.05, 4.69) is 67.6 Å². The molecule has 1 nitrogen and oxygen atoms in total. The summed E-state index contributed by atoms with van der Waals surface area (Å²) in [6.45, 7) is 3.17. The summed E-state index contributed by atoms with van der Waals surface area (Å²) in [6, 6.07) is 21.5. The topological polar surface area (TPSA) is 9.23 Å². The Kier molecular flexibility index (Phi) is 12.7. The second-order valence-corrected chi connectivity index (χ2v) is 9.90. The van der Waals surface area contributed by atoms with Crippen molar-refractivity contribution in [2.75, 3.05) is 6.61 Å². The predicted octanol–water partition coefficient (Wildman–Crippen LogP) is 6.51. The Morgan fingerprint density at radius 2 is 0.929 bits per heavy atom. The van der Waals surface area contributed by atoms with Crippen molar-refractivity contribution in [2.24, 2.45) is 0 Å². The molecule has 0 aliphatic heterocycles. The third kappa shape index (κ3) is 9.70. The van der Waals surface area contributed by atoms with Crippen LogP contribution < -0.4 is 10.4 Å². The van der Waals surface area contributed by atoms with Crippen molar-refractivity contribution in [3.05, 3.63) is 60.7 Å². The smallest absolute Gasteiger partial charge is 0.282 e.